The SMILES string of the molecule is CSCC(C)N(C)CCNc1ccc(C)cc1. The molecule has 1 aromatic carbocycles. The van der Waals surface area contributed by atoms with E-state index in [4.69, 9.17) is 0 Å². The van der Waals surface area contributed by atoms with Crippen LogP contribution < -0.4 is 5.32 Å². The molecule has 0 fully saturated rings. The van der Waals surface area contributed by atoms with Gasteiger partial charge in [-0.2, -0.15) is 11.8 Å². The normalized spacial score (nSPS) is 12.8. The zero-order chi connectivity index (χ0) is 12.7. The molecule has 0 aliphatic rings. The third-order valence-electron chi connectivity index (χ3n) is 3.01. The first kappa shape index (κ1) is 14.4. The van der Waals surface area contributed by atoms with Gasteiger partial charge in [-0.3, -0.25) is 0 Å². The molecule has 0 spiro atoms. The summed E-state index contributed by atoms with van der Waals surface area (Å²) in [4.78, 5) is 2.40. The minimum atomic E-state index is 0.643. The molecule has 0 aliphatic heterocycles. The highest BCUT2D eigenvalue weighted by molar-refractivity contribution is 7.98. The fraction of sp³-hybridized carbons (Fsp3) is 0.571. The summed E-state index contributed by atoms with van der Waals surface area (Å²) >= 11 is 1.91. The first-order chi connectivity index (χ1) is 8.13. The van der Waals surface area contributed by atoms with Crippen LogP contribution in [0.5, 0.6) is 0 Å². The van der Waals surface area contributed by atoms with Crippen molar-refractivity contribution < 1.29 is 0 Å². The van der Waals surface area contributed by atoms with Crippen molar-refractivity contribution in [1.82, 2.24) is 4.90 Å². The Morgan fingerprint density at radius 2 is 1.94 bits per heavy atom. The van der Waals surface area contributed by atoms with E-state index in [1.54, 1.807) is 0 Å². The highest BCUT2D eigenvalue weighted by atomic mass is 32.2. The minimum Gasteiger partial charge on any atom is -0.384 e. The number of aryl methyl sites for hydroxylation is 1. The molecule has 1 aromatic rings. The summed E-state index contributed by atoms with van der Waals surface area (Å²) in [7, 11) is 2.19. The van der Waals surface area contributed by atoms with Gasteiger partial charge >= 0.3 is 0 Å². The molecular formula is C14H24N2S. The molecule has 3 heteroatoms. The number of nitrogens with zero attached hydrogens (tertiary/aromatic N) is 1. The van der Waals surface area contributed by atoms with Gasteiger partial charge in [-0.05, 0) is 39.3 Å². The highest BCUT2D eigenvalue weighted by Crippen LogP contribution is 2.08. The minimum absolute atomic E-state index is 0.643. The van der Waals surface area contributed by atoms with Crippen LogP contribution in [0.2, 0.25) is 0 Å². The Balaban J connectivity index is 2.25. The Kier molecular flexibility index (Phi) is 6.45. The quantitative estimate of drug-likeness (QED) is 0.803. The second-order valence-electron chi connectivity index (χ2n) is 4.58. The first-order valence-electron chi connectivity index (χ1n) is 6.13. The number of nitrogens with one attached hydrogen (secondary N) is 1. The number of thioether (sulfide) groups is 1. The fourth-order valence-electron chi connectivity index (χ4n) is 1.64. The molecule has 17 heavy (non-hydrogen) atoms. The van der Waals surface area contributed by atoms with Crippen molar-refractivity contribution in [1.29, 1.82) is 0 Å². The van der Waals surface area contributed by atoms with Gasteiger partial charge in [-0.25, -0.2) is 0 Å². The monoisotopic (exact) mass is 252 g/mol. The Morgan fingerprint density at radius 1 is 1.29 bits per heavy atom. The number of anilines is 1. The third-order valence-corrected chi connectivity index (χ3v) is 3.82. The van der Waals surface area contributed by atoms with Crippen molar-refractivity contribution in [2.45, 2.75) is 19.9 Å². The molecule has 96 valence electrons. The largest absolute Gasteiger partial charge is 0.384 e. The van der Waals surface area contributed by atoms with Crippen LogP contribution in [0, 0.1) is 6.92 Å². The summed E-state index contributed by atoms with van der Waals surface area (Å²) in [5.41, 5.74) is 2.52. The molecule has 0 aliphatic carbocycles. The summed E-state index contributed by atoms with van der Waals surface area (Å²) in [6.07, 6.45) is 2.16. The van der Waals surface area contributed by atoms with Gasteiger partial charge in [0.25, 0.3) is 0 Å². The summed E-state index contributed by atoms with van der Waals surface area (Å²) < 4.78 is 0. The average Bonchev–Trinajstić information content (AvgIpc) is 2.32. The van der Waals surface area contributed by atoms with Gasteiger partial charge in [0, 0.05) is 30.6 Å². The molecule has 2 nitrogen and oxygen atoms in total. The van der Waals surface area contributed by atoms with E-state index in [1.807, 2.05) is 11.8 Å². The lowest BCUT2D eigenvalue weighted by Crippen LogP contribution is -2.34. The lowest BCUT2D eigenvalue weighted by molar-refractivity contribution is 0.288. The van der Waals surface area contributed by atoms with Crippen LogP contribution in [0.25, 0.3) is 0 Å². The molecular weight excluding hydrogens is 228 g/mol. The Bertz CT molecular complexity index is 311. The number of hydrogen-bond donors (Lipinski definition) is 1. The molecule has 1 rings (SSSR count). The van der Waals surface area contributed by atoms with E-state index in [1.165, 1.54) is 17.0 Å². The van der Waals surface area contributed by atoms with Gasteiger partial charge in [-0.1, -0.05) is 17.7 Å². The van der Waals surface area contributed by atoms with Crippen molar-refractivity contribution in [2.24, 2.45) is 0 Å². The molecule has 1 N–H and O–H groups in total. The number of benzene rings is 1. The van der Waals surface area contributed by atoms with E-state index in [0.717, 1.165) is 13.1 Å². The predicted octanol–water partition coefficient (Wildman–Crippen LogP) is 3.09. The van der Waals surface area contributed by atoms with Crippen molar-refractivity contribution >= 4 is 17.4 Å². The number of hydrogen-bond acceptors (Lipinski definition) is 3. The van der Waals surface area contributed by atoms with E-state index in [-0.39, 0.29) is 0 Å². The maximum atomic E-state index is 3.45. The maximum Gasteiger partial charge on any atom is 0.0340 e. The highest BCUT2D eigenvalue weighted by Gasteiger charge is 2.07. The third kappa shape index (κ3) is 5.46. The molecule has 0 saturated carbocycles. The van der Waals surface area contributed by atoms with Gasteiger partial charge in [0.2, 0.25) is 0 Å². The maximum absolute atomic E-state index is 3.45. The Morgan fingerprint density at radius 3 is 2.53 bits per heavy atom. The van der Waals surface area contributed by atoms with Crippen molar-refractivity contribution in [3.8, 4) is 0 Å². The van der Waals surface area contributed by atoms with Crippen LogP contribution in [0.3, 0.4) is 0 Å². The van der Waals surface area contributed by atoms with Crippen molar-refractivity contribution in [2.75, 3.05) is 37.5 Å². The van der Waals surface area contributed by atoms with Crippen LogP contribution in [-0.4, -0.2) is 43.1 Å². The summed E-state index contributed by atoms with van der Waals surface area (Å²) in [5, 5.41) is 3.45. The van der Waals surface area contributed by atoms with E-state index in [2.05, 4.69) is 61.6 Å². The molecule has 0 amide bonds. The van der Waals surface area contributed by atoms with Gasteiger partial charge < -0.3 is 10.2 Å². The van der Waals surface area contributed by atoms with E-state index in [9.17, 15) is 0 Å². The fourth-order valence-corrected chi connectivity index (χ4v) is 2.37. The lowest BCUT2D eigenvalue weighted by atomic mass is 10.2. The molecule has 0 radical (unpaired) electrons. The molecule has 0 bridgehead atoms. The average molecular weight is 252 g/mol. The Labute approximate surface area is 110 Å². The van der Waals surface area contributed by atoms with Gasteiger partial charge in [-0.15, -0.1) is 0 Å². The molecule has 0 saturated heterocycles. The Hall–Kier alpha value is -0.670. The van der Waals surface area contributed by atoms with E-state index < -0.39 is 0 Å². The second kappa shape index (κ2) is 7.62. The van der Waals surface area contributed by atoms with Crippen LogP contribution in [0.1, 0.15) is 12.5 Å². The van der Waals surface area contributed by atoms with Gasteiger partial charge in [0.15, 0.2) is 0 Å². The standard InChI is InChI=1S/C14H24N2S/c1-12-5-7-14(8-6-12)15-9-10-16(3)13(2)11-17-4/h5-8,13,15H,9-11H2,1-4H3. The van der Waals surface area contributed by atoms with E-state index >= 15 is 0 Å². The van der Waals surface area contributed by atoms with Gasteiger partial charge in [0.1, 0.15) is 0 Å². The summed E-state index contributed by atoms with van der Waals surface area (Å²) in [5.74, 6) is 1.20. The zero-order valence-corrected chi connectivity index (χ0v) is 12.2. The molecule has 0 heterocycles. The van der Waals surface area contributed by atoms with Crippen molar-refractivity contribution in [3.63, 3.8) is 0 Å². The summed E-state index contributed by atoms with van der Waals surface area (Å²) in [6.45, 7) is 6.47. The van der Waals surface area contributed by atoms with Crippen LogP contribution >= 0.6 is 11.8 Å². The van der Waals surface area contributed by atoms with Crippen LogP contribution in [0.15, 0.2) is 24.3 Å². The lowest BCUT2D eigenvalue weighted by Gasteiger charge is -2.24. The summed E-state index contributed by atoms with van der Waals surface area (Å²) in [6, 6.07) is 9.20. The zero-order valence-electron chi connectivity index (χ0n) is 11.4. The first-order valence-corrected chi connectivity index (χ1v) is 7.52. The van der Waals surface area contributed by atoms with Gasteiger partial charge in [0.05, 0.1) is 0 Å². The molecule has 1 atom stereocenters. The van der Waals surface area contributed by atoms with E-state index in [0.29, 0.717) is 6.04 Å². The second-order valence-corrected chi connectivity index (χ2v) is 5.49. The molecule has 1 unspecified atom stereocenters. The smallest absolute Gasteiger partial charge is 0.0340 e. The molecule has 0 aromatic heterocycles. The number of rotatable bonds is 7. The number of likely N-dealkylation sites (N-methyl/N-ethyl adjacent to an activating group) is 1. The van der Waals surface area contributed by atoms with Crippen molar-refractivity contribution in [3.05, 3.63) is 29.8 Å². The van der Waals surface area contributed by atoms with Crippen LogP contribution in [0.4, 0.5) is 5.69 Å². The predicted molar refractivity (Wildman–Crippen MR) is 80.1 cm³/mol. The topological polar surface area (TPSA) is 15.3 Å². The van der Waals surface area contributed by atoms with Crippen LogP contribution in [-0.2, 0) is 0 Å².